The lowest BCUT2D eigenvalue weighted by atomic mass is 9.94. The van der Waals surface area contributed by atoms with Gasteiger partial charge in [-0.05, 0) is 44.9 Å². The summed E-state index contributed by atoms with van der Waals surface area (Å²) in [6.07, 6.45) is 0.341. The Hall–Kier alpha value is -2.15. The van der Waals surface area contributed by atoms with Gasteiger partial charge < -0.3 is 4.74 Å². The van der Waals surface area contributed by atoms with Gasteiger partial charge in [0.15, 0.2) is 5.17 Å². The Balaban J connectivity index is 2.13. The van der Waals surface area contributed by atoms with Crippen molar-refractivity contribution in [2.75, 3.05) is 0 Å². The number of hydrogen-bond acceptors (Lipinski definition) is 5. The standard InChI is InChI=1S/C19H21FN2O3S/c1-5-14-17(23)22-16(12-7-6-8-13(20)9-12)15(18(24)25-10(2)3)11(4)21-19(22)26-14/h6-10,14,16H,5H2,1-4H3/t14-,16-/m0/s1. The smallest absolute Gasteiger partial charge is 0.338 e. The van der Waals surface area contributed by atoms with Gasteiger partial charge in [-0.15, -0.1) is 0 Å². The Morgan fingerprint density at radius 3 is 2.77 bits per heavy atom. The monoisotopic (exact) mass is 376 g/mol. The number of carbonyl (C=O) groups excluding carboxylic acids is 2. The number of fused-ring (bicyclic) bond motifs is 1. The molecule has 0 radical (unpaired) electrons. The Labute approximate surface area is 156 Å². The molecule has 2 aliphatic heterocycles. The molecule has 2 atom stereocenters. The summed E-state index contributed by atoms with van der Waals surface area (Å²) in [5, 5.41) is 0.299. The molecule has 2 heterocycles. The van der Waals surface area contributed by atoms with Crippen LogP contribution in [-0.2, 0) is 14.3 Å². The van der Waals surface area contributed by atoms with Gasteiger partial charge in [-0.2, -0.15) is 0 Å². The van der Waals surface area contributed by atoms with E-state index in [0.29, 0.717) is 22.8 Å². The number of rotatable bonds is 4. The van der Waals surface area contributed by atoms with Crippen LogP contribution in [0.2, 0.25) is 0 Å². The number of allylic oxidation sites excluding steroid dienone is 1. The average molecular weight is 376 g/mol. The predicted molar refractivity (Wildman–Crippen MR) is 99.0 cm³/mol. The molecule has 1 fully saturated rings. The summed E-state index contributed by atoms with van der Waals surface area (Å²) in [6.45, 7) is 7.16. The van der Waals surface area contributed by atoms with E-state index in [1.54, 1.807) is 32.9 Å². The van der Waals surface area contributed by atoms with Crippen LogP contribution in [0.4, 0.5) is 4.39 Å². The van der Waals surface area contributed by atoms with Crippen molar-refractivity contribution in [3.8, 4) is 0 Å². The van der Waals surface area contributed by atoms with E-state index in [4.69, 9.17) is 4.74 Å². The highest BCUT2D eigenvalue weighted by molar-refractivity contribution is 8.15. The van der Waals surface area contributed by atoms with Crippen LogP contribution in [-0.4, -0.2) is 33.3 Å². The van der Waals surface area contributed by atoms with E-state index >= 15 is 0 Å². The molecule has 2 aliphatic rings. The molecule has 0 N–H and O–H groups in total. The Kier molecular flexibility index (Phi) is 5.18. The molecule has 3 rings (SSSR count). The van der Waals surface area contributed by atoms with Crippen molar-refractivity contribution < 1.29 is 18.7 Å². The number of halogens is 1. The first-order valence-corrected chi connectivity index (χ1v) is 9.47. The van der Waals surface area contributed by atoms with Crippen LogP contribution < -0.4 is 0 Å². The molecule has 1 aromatic rings. The molecule has 1 amide bonds. The molecule has 138 valence electrons. The van der Waals surface area contributed by atoms with Gasteiger partial charge in [0.25, 0.3) is 0 Å². The molecular formula is C19H21FN2O3S. The van der Waals surface area contributed by atoms with Crippen LogP contribution in [0.25, 0.3) is 0 Å². The highest BCUT2D eigenvalue weighted by atomic mass is 32.2. The van der Waals surface area contributed by atoms with Crippen LogP contribution in [0.5, 0.6) is 0 Å². The lowest BCUT2D eigenvalue weighted by Gasteiger charge is -2.33. The van der Waals surface area contributed by atoms with E-state index in [0.717, 1.165) is 0 Å². The first kappa shape index (κ1) is 18.6. The van der Waals surface area contributed by atoms with Gasteiger partial charge in [-0.1, -0.05) is 30.8 Å². The van der Waals surface area contributed by atoms with Crippen LogP contribution >= 0.6 is 11.8 Å². The van der Waals surface area contributed by atoms with Crippen molar-refractivity contribution in [1.82, 2.24) is 4.90 Å². The van der Waals surface area contributed by atoms with Gasteiger partial charge >= 0.3 is 5.97 Å². The number of amides is 1. The number of thioether (sulfide) groups is 1. The third-order valence-corrected chi connectivity index (χ3v) is 5.57. The second kappa shape index (κ2) is 7.23. The molecule has 26 heavy (non-hydrogen) atoms. The number of carbonyl (C=O) groups is 2. The summed E-state index contributed by atoms with van der Waals surface area (Å²) in [6, 6.07) is 5.23. The SMILES string of the molecule is CC[C@@H]1SC2=NC(C)=C(C(=O)OC(C)C)[C@H](c3cccc(F)c3)N2C1=O. The highest BCUT2D eigenvalue weighted by Crippen LogP contribution is 2.44. The van der Waals surface area contributed by atoms with Crippen LogP contribution in [0.3, 0.4) is 0 Å². The fourth-order valence-corrected chi connectivity index (χ4v) is 4.25. The maximum absolute atomic E-state index is 13.9. The van der Waals surface area contributed by atoms with Crippen molar-refractivity contribution in [3.63, 3.8) is 0 Å². The topological polar surface area (TPSA) is 59.0 Å². The zero-order valence-electron chi connectivity index (χ0n) is 15.2. The maximum Gasteiger partial charge on any atom is 0.338 e. The number of nitrogens with zero attached hydrogens (tertiary/aromatic N) is 2. The first-order valence-electron chi connectivity index (χ1n) is 8.59. The molecule has 0 aliphatic carbocycles. The van der Waals surface area contributed by atoms with E-state index in [2.05, 4.69) is 4.99 Å². The molecule has 0 bridgehead atoms. The summed E-state index contributed by atoms with van der Waals surface area (Å²) in [5.74, 6) is -1.08. The second-order valence-electron chi connectivity index (χ2n) is 6.53. The minimum Gasteiger partial charge on any atom is -0.459 e. The number of benzene rings is 1. The predicted octanol–water partition coefficient (Wildman–Crippen LogP) is 3.82. The van der Waals surface area contributed by atoms with Gasteiger partial charge in [0.05, 0.1) is 28.7 Å². The van der Waals surface area contributed by atoms with Crippen molar-refractivity contribution in [2.24, 2.45) is 4.99 Å². The fourth-order valence-electron chi connectivity index (χ4n) is 3.12. The van der Waals surface area contributed by atoms with Crippen LogP contribution in [0.1, 0.15) is 45.7 Å². The molecule has 0 unspecified atom stereocenters. The van der Waals surface area contributed by atoms with Crippen LogP contribution in [0.15, 0.2) is 40.5 Å². The van der Waals surface area contributed by atoms with Crippen molar-refractivity contribution in [3.05, 3.63) is 46.9 Å². The van der Waals surface area contributed by atoms with E-state index < -0.39 is 17.8 Å². The minimum absolute atomic E-state index is 0.118. The van der Waals surface area contributed by atoms with Crippen molar-refractivity contribution in [2.45, 2.75) is 51.5 Å². The zero-order chi connectivity index (χ0) is 19.0. The number of ether oxygens (including phenoxy) is 1. The summed E-state index contributed by atoms with van der Waals surface area (Å²) in [5.41, 5.74) is 1.30. The molecular weight excluding hydrogens is 355 g/mol. The third kappa shape index (κ3) is 3.28. The molecule has 7 heteroatoms. The number of amidine groups is 1. The molecule has 1 saturated heterocycles. The average Bonchev–Trinajstić information content (AvgIpc) is 2.88. The number of aliphatic imine (C=N–C) groups is 1. The summed E-state index contributed by atoms with van der Waals surface area (Å²) >= 11 is 1.38. The van der Waals surface area contributed by atoms with Gasteiger partial charge in [-0.3, -0.25) is 9.69 Å². The largest absolute Gasteiger partial charge is 0.459 e. The van der Waals surface area contributed by atoms with E-state index in [1.807, 2.05) is 6.92 Å². The quantitative estimate of drug-likeness (QED) is 0.750. The lowest BCUT2D eigenvalue weighted by molar-refractivity contribution is -0.143. The van der Waals surface area contributed by atoms with E-state index in [9.17, 15) is 14.0 Å². The molecule has 0 aromatic heterocycles. The van der Waals surface area contributed by atoms with Crippen molar-refractivity contribution in [1.29, 1.82) is 0 Å². The fraction of sp³-hybridized carbons (Fsp3) is 0.421. The summed E-state index contributed by atoms with van der Waals surface area (Å²) in [7, 11) is 0. The highest BCUT2D eigenvalue weighted by Gasteiger charge is 2.47. The Morgan fingerprint density at radius 1 is 1.42 bits per heavy atom. The minimum atomic E-state index is -0.735. The van der Waals surface area contributed by atoms with Gasteiger partial charge in [0.2, 0.25) is 5.91 Å². The van der Waals surface area contributed by atoms with Gasteiger partial charge in [0.1, 0.15) is 5.82 Å². The first-order chi connectivity index (χ1) is 12.3. The summed E-state index contributed by atoms with van der Waals surface area (Å²) < 4.78 is 19.2. The molecule has 1 aromatic carbocycles. The molecule has 0 saturated carbocycles. The number of esters is 1. The van der Waals surface area contributed by atoms with Crippen molar-refractivity contribution >= 4 is 28.8 Å². The normalized spacial score (nSPS) is 22.6. The number of hydrogen-bond donors (Lipinski definition) is 0. The summed E-state index contributed by atoms with van der Waals surface area (Å²) in [4.78, 5) is 31.6. The lowest BCUT2D eigenvalue weighted by Crippen LogP contribution is -2.41. The molecule has 0 spiro atoms. The van der Waals surface area contributed by atoms with Crippen LogP contribution in [0, 0.1) is 5.82 Å². The second-order valence-corrected chi connectivity index (χ2v) is 7.70. The Bertz CT molecular complexity index is 819. The molecule has 5 nitrogen and oxygen atoms in total. The van der Waals surface area contributed by atoms with Gasteiger partial charge in [0, 0.05) is 0 Å². The maximum atomic E-state index is 13.9. The van der Waals surface area contributed by atoms with E-state index in [1.165, 1.54) is 28.8 Å². The zero-order valence-corrected chi connectivity index (χ0v) is 16.0. The van der Waals surface area contributed by atoms with Gasteiger partial charge in [-0.25, -0.2) is 14.2 Å². The van der Waals surface area contributed by atoms with E-state index in [-0.39, 0.29) is 22.8 Å². The Morgan fingerprint density at radius 2 is 2.15 bits per heavy atom. The third-order valence-electron chi connectivity index (χ3n) is 4.25.